The lowest BCUT2D eigenvalue weighted by Gasteiger charge is -2.14. The molecule has 1 aliphatic rings. The number of hydrogen-bond donors (Lipinski definition) is 2. The van der Waals surface area contributed by atoms with E-state index in [-0.39, 0.29) is 11.6 Å². The molecule has 2 heterocycles. The van der Waals surface area contributed by atoms with Gasteiger partial charge in [-0.15, -0.1) is 0 Å². The number of halogens is 1. The van der Waals surface area contributed by atoms with E-state index in [0.29, 0.717) is 25.0 Å². The van der Waals surface area contributed by atoms with Crippen molar-refractivity contribution in [1.82, 2.24) is 10.5 Å². The van der Waals surface area contributed by atoms with Gasteiger partial charge in [-0.3, -0.25) is 9.59 Å². The number of carbonyl (C=O) groups is 2. The number of aromatic nitrogens is 1. The van der Waals surface area contributed by atoms with Gasteiger partial charge in [0, 0.05) is 22.6 Å². The normalized spacial score (nSPS) is 16.0. The Morgan fingerprint density at radius 3 is 2.86 bits per heavy atom. The van der Waals surface area contributed by atoms with Crippen LogP contribution in [-0.4, -0.2) is 23.0 Å². The van der Waals surface area contributed by atoms with Crippen molar-refractivity contribution < 1.29 is 14.1 Å². The van der Waals surface area contributed by atoms with Crippen molar-refractivity contribution in [2.24, 2.45) is 0 Å². The molecule has 2 N–H and O–H groups in total. The molecule has 1 atom stereocenters. The van der Waals surface area contributed by atoms with E-state index < -0.39 is 11.9 Å². The van der Waals surface area contributed by atoms with E-state index in [1.165, 1.54) is 0 Å². The lowest BCUT2D eigenvalue weighted by Crippen LogP contribution is -2.43. The highest BCUT2D eigenvalue weighted by atomic mass is 79.9. The molecule has 0 fully saturated rings. The van der Waals surface area contributed by atoms with Crippen LogP contribution in [0.3, 0.4) is 0 Å². The van der Waals surface area contributed by atoms with Crippen LogP contribution in [0.1, 0.15) is 33.8 Å². The monoisotopic (exact) mass is 439 g/mol. The molecule has 0 aliphatic carbocycles. The zero-order valence-electron chi connectivity index (χ0n) is 14.9. The fourth-order valence-electron chi connectivity index (χ4n) is 3.21. The summed E-state index contributed by atoms with van der Waals surface area (Å²) in [6, 6.07) is 16.5. The molecule has 1 aliphatic heterocycles. The number of hydrogen-bond acceptors (Lipinski definition) is 4. The number of benzene rings is 2. The summed E-state index contributed by atoms with van der Waals surface area (Å²) in [5.74, 6) is -0.0586. The first-order valence-electron chi connectivity index (χ1n) is 8.98. The van der Waals surface area contributed by atoms with E-state index >= 15 is 0 Å². The standard InChI is InChI=1S/C21H18BrN3O3/c22-15-7-9-17-14(11-15)6-8-18(20(26)23-17)24-21(27)19-12-16(28-25-19)10-13-4-2-1-3-5-13/h1-5,7,9,11-12,18H,6,8,10H2,(H,23,26)(H,24,27)/t18-/m0/s1. The first-order valence-corrected chi connectivity index (χ1v) is 9.77. The largest absolute Gasteiger partial charge is 0.360 e. The summed E-state index contributed by atoms with van der Waals surface area (Å²) in [5.41, 5.74) is 3.04. The topological polar surface area (TPSA) is 84.2 Å². The van der Waals surface area contributed by atoms with Crippen molar-refractivity contribution in [1.29, 1.82) is 0 Å². The van der Waals surface area contributed by atoms with Crippen molar-refractivity contribution in [3.63, 3.8) is 0 Å². The average molecular weight is 440 g/mol. The van der Waals surface area contributed by atoms with Gasteiger partial charge in [0.2, 0.25) is 5.91 Å². The number of rotatable bonds is 4. The fourth-order valence-corrected chi connectivity index (χ4v) is 3.62. The quantitative estimate of drug-likeness (QED) is 0.648. The fraction of sp³-hybridized carbons (Fsp3) is 0.190. The second-order valence-electron chi connectivity index (χ2n) is 6.70. The Hall–Kier alpha value is -2.93. The lowest BCUT2D eigenvalue weighted by molar-refractivity contribution is -0.118. The van der Waals surface area contributed by atoms with Crippen LogP contribution in [0.5, 0.6) is 0 Å². The van der Waals surface area contributed by atoms with E-state index in [2.05, 4.69) is 31.7 Å². The Morgan fingerprint density at radius 1 is 1.21 bits per heavy atom. The predicted molar refractivity (Wildman–Crippen MR) is 108 cm³/mol. The van der Waals surface area contributed by atoms with Crippen LogP contribution < -0.4 is 10.6 Å². The third-order valence-electron chi connectivity index (χ3n) is 4.66. The van der Waals surface area contributed by atoms with Gasteiger partial charge < -0.3 is 15.2 Å². The number of amides is 2. The van der Waals surface area contributed by atoms with Gasteiger partial charge in [0.1, 0.15) is 11.8 Å². The highest BCUT2D eigenvalue weighted by molar-refractivity contribution is 9.10. The van der Waals surface area contributed by atoms with Crippen molar-refractivity contribution in [3.05, 3.63) is 81.7 Å². The molecule has 3 aromatic rings. The summed E-state index contributed by atoms with van der Waals surface area (Å²) in [7, 11) is 0. The number of nitrogens with zero attached hydrogens (tertiary/aromatic N) is 1. The first kappa shape index (κ1) is 18.4. The van der Waals surface area contributed by atoms with Crippen LogP contribution in [-0.2, 0) is 17.6 Å². The number of nitrogens with one attached hydrogen (secondary N) is 2. The van der Waals surface area contributed by atoms with Crippen molar-refractivity contribution in [2.45, 2.75) is 25.3 Å². The minimum Gasteiger partial charge on any atom is -0.360 e. The van der Waals surface area contributed by atoms with Gasteiger partial charge in [-0.1, -0.05) is 51.4 Å². The minimum absolute atomic E-state index is 0.170. The van der Waals surface area contributed by atoms with Crippen LogP contribution in [0.15, 0.2) is 63.6 Å². The molecule has 142 valence electrons. The second kappa shape index (κ2) is 7.98. The molecule has 0 saturated heterocycles. The maximum Gasteiger partial charge on any atom is 0.274 e. The molecule has 1 aromatic heterocycles. The van der Waals surface area contributed by atoms with Gasteiger partial charge in [0.25, 0.3) is 5.91 Å². The molecule has 0 unspecified atom stereocenters. The summed E-state index contributed by atoms with van der Waals surface area (Å²) in [6.45, 7) is 0. The Kier molecular flexibility index (Phi) is 5.25. The molecular weight excluding hydrogens is 422 g/mol. The van der Waals surface area contributed by atoms with Crippen molar-refractivity contribution >= 4 is 33.4 Å². The van der Waals surface area contributed by atoms with E-state index in [4.69, 9.17) is 4.52 Å². The highest BCUT2D eigenvalue weighted by Gasteiger charge is 2.26. The van der Waals surface area contributed by atoms with Gasteiger partial charge in [-0.05, 0) is 42.2 Å². The van der Waals surface area contributed by atoms with Crippen molar-refractivity contribution in [2.75, 3.05) is 5.32 Å². The molecule has 6 nitrogen and oxygen atoms in total. The number of aryl methyl sites for hydroxylation is 1. The summed E-state index contributed by atoms with van der Waals surface area (Å²) < 4.78 is 6.23. The molecule has 0 saturated carbocycles. The molecule has 7 heteroatoms. The molecule has 0 spiro atoms. The molecule has 0 bridgehead atoms. The van der Waals surface area contributed by atoms with E-state index in [1.807, 2.05) is 48.5 Å². The van der Waals surface area contributed by atoms with Gasteiger partial charge in [-0.2, -0.15) is 0 Å². The Bertz CT molecular complexity index is 1020. The summed E-state index contributed by atoms with van der Waals surface area (Å²) in [5, 5.41) is 9.49. The van der Waals surface area contributed by atoms with Gasteiger partial charge in [0.15, 0.2) is 5.69 Å². The summed E-state index contributed by atoms with van der Waals surface area (Å²) in [4.78, 5) is 25.0. The van der Waals surface area contributed by atoms with Crippen LogP contribution in [0.25, 0.3) is 0 Å². The minimum atomic E-state index is -0.632. The van der Waals surface area contributed by atoms with Crippen LogP contribution in [0.4, 0.5) is 5.69 Å². The van der Waals surface area contributed by atoms with Crippen LogP contribution in [0, 0.1) is 0 Å². The molecule has 28 heavy (non-hydrogen) atoms. The molecule has 4 rings (SSSR count). The van der Waals surface area contributed by atoms with Gasteiger partial charge in [-0.25, -0.2) is 0 Å². The maximum absolute atomic E-state index is 12.5. The maximum atomic E-state index is 12.5. The highest BCUT2D eigenvalue weighted by Crippen LogP contribution is 2.25. The van der Waals surface area contributed by atoms with Crippen LogP contribution >= 0.6 is 15.9 Å². The number of carbonyl (C=O) groups excluding carboxylic acids is 2. The Labute approximate surface area is 170 Å². The third-order valence-corrected chi connectivity index (χ3v) is 5.16. The third kappa shape index (κ3) is 4.14. The van der Waals surface area contributed by atoms with E-state index in [1.54, 1.807) is 6.07 Å². The van der Waals surface area contributed by atoms with Gasteiger partial charge >= 0.3 is 0 Å². The van der Waals surface area contributed by atoms with E-state index in [0.717, 1.165) is 21.3 Å². The lowest BCUT2D eigenvalue weighted by atomic mass is 10.1. The predicted octanol–water partition coefficient (Wildman–Crippen LogP) is 3.71. The zero-order chi connectivity index (χ0) is 19.5. The zero-order valence-corrected chi connectivity index (χ0v) is 16.5. The van der Waals surface area contributed by atoms with E-state index in [9.17, 15) is 9.59 Å². The number of anilines is 1. The molecular formula is C21H18BrN3O3. The second-order valence-corrected chi connectivity index (χ2v) is 7.61. The van der Waals surface area contributed by atoms with Gasteiger partial charge in [0.05, 0.1) is 0 Å². The smallest absolute Gasteiger partial charge is 0.274 e. The molecule has 2 aromatic carbocycles. The van der Waals surface area contributed by atoms with Crippen LogP contribution in [0.2, 0.25) is 0 Å². The Balaban J connectivity index is 1.42. The summed E-state index contributed by atoms with van der Waals surface area (Å²) in [6.07, 6.45) is 1.74. The van der Waals surface area contributed by atoms with Crippen molar-refractivity contribution in [3.8, 4) is 0 Å². The molecule has 0 radical (unpaired) electrons. The SMILES string of the molecule is O=C(N[C@H]1CCc2cc(Br)ccc2NC1=O)c1cc(Cc2ccccc2)on1. The molecule has 2 amide bonds. The first-order chi connectivity index (χ1) is 13.6. The summed E-state index contributed by atoms with van der Waals surface area (Å²) >= 11 is 3.44. The average Bonchev–Trinajstić information content (AvgIpc) is 3.10. The number of fused-ring (bicyclic) bond motifs is 1. The Morgan fingerprint density at radius 2 is 2.04 bits per heavy atom.